The van der Waals surface area contributed by atoms with Crippen LogP contribution in [0.15, 0.2) is 6.07 Å². The van der Waals surface area contributed by atoms with Gasteiger partial charge in [0.1, 0.15) is 16.8 Å². The van der Waals surface area contributed by atoms with E-state index in [4.69, 9.17) is 14.2 Å². The molecule has 0 radical (unpaired) electrons. The molecule has 2 N–H and O–H groups in total. The highest BCUT2D eigenvalue weighted by molar-refractivity contribution is 5.65. The molecule has 0 saturated heterocycles. The van der Waals surface area contributed by atoms with E-state index in [-0.39, 0.29) is 28.7 Å². The van der Waals surface area contributed by atoms with Crippen molar-refractivity contribution in [3.8, 4) is 28.7 Å². The van der Waals surface area contributed by atoms with E-state index >= 15 is 0 Å². The van der Waals surface area contributed by atoms with Crippen molar-refractivity contribution in [2.45, 2.75) is 79.1 Å². The normalized spacial score (nSPS) is 12.9. The molecule has 0 atom stereocenters. The molecule has 0 spiro atoms. The van der Waals surface area contributed by atoms with Crippen molar-refractivity contribution < 1.29 is 24.4 Å². The lowest BCUT2D eigenvalue weighted by atomic mass is 10.1. The third-order valence-corrected chi connectivity index (χ3v) is 2.39. The van der Waals surface area contributed by atoms with Gasteiger partial charge in [0, 0.05) is 6.07 Å². The molecule has 5 heteroatoms. The molecule has 0 bridgehead atoms. The lowest BCUT2D eigenvalue weighted by Gasteiger charge is -2.29. The van der Waals surface area contributed by atoms with E-state index in [2.05, 4.69) is 0 Å². The molecule has 1 aromatic carbocycles. The van der Waals surface area contributed by atoms with Gasteiger partial charge in [0.25, 0.3) is 0 Å². The summed E-state index contributed by atoms with van der Waals surface area (Å²) in [5.74, 6) is -0.00325. The van der Waals surface area contributed by atoms with Gasteiger partial charge in [-0.05, 0) is 62.3 Å². The third-order valence-electron chi connectivity index (χ3n) is 2.39. The molecule has 23 heavy (non-hydrogen) atoms. The smallest absolute Gasteiger partial charge is 0.211 e. The Balaban J connectivity index is 3.49. The minimum absolute atomic E-state index is 0.0756. The Morgan fingerprint density at radius 1 is 0.652 bits per heavy atom. The SMILES string of the molecule is CC(C)(C)Oc1cc(O)c(OC(C)(C)C)c(OC(C)(C)C)c1O. The van der Waals surface area contributed by atoms with Gasteiger partial charge < -0.3 is 24.4 Å². The molecule has 0 fully saturated rings. The van der Waals surface area contributed by atoms with E-state index < -0.39 is 16.8 Å². The first-order valence-electron chi connectivity index (χ1n) is 7.75. The molecule has 1 aromatic rings. The molecular formula is C18H30O5. The number of aromatic hydroxyl groups is 2. The molecule has 0 aliphatic carbocycles. The van der Waals surface area contributed by atoms with E-state index in [1.807, 2.05) is 62.3 Å². The maximum absolute atomic E-state index is 10.6. The van der Waals surface area contributed by atoms with Crippen LogP contribution in [0.2, 0.25) is 0 Å². The first kappa shape index (κ1) is 19.3. The van der Waals surface area contributed by atoms with Crippen LogP contribution in [0, 0.1) is 0 Å². The Hall–Kier alpha value is -1.78. The van der Waals surface area contributed by atoms with Crippen molar-refractivity contribution in [1.82, 2.24) is 0 Å². The lowest BCUT2D eigenvalue weighted by Crippen LogP contribution is -2.27. The molecule has 0 amide bonds. The lowest BCUT2D eigenvalue weighted by molar-refractivity contribution is 0.0844. The maximum atomic E-state index is 10.6. The minimum atomic E-state index is -0.583. The summed E-state index contributed by atoms with van der Waals surface area (Å²) in [5, 5.41) is 20.9. The zero-order chi connectivity index (χ0) is 18.2. The van der Waals surface area contributed by atoms with Crippen LogP contribution in [0.4, 0.5) is 0 Å². The summed E-state index contributed by atoms with van der Waals surface area (Å²) in [6.07, 6.45) is 0. The van der Waals surface area contributed by atoms with Crippen molar-refractivity contribution in [2.24, 2.45) is 0 Å². The maximum Gasteiger partial charge on any atom is 0.211 e. The topological polar surface area (TPSA) is 68.2 Å². The summed E-state index contributed by atoms with van der Waals surface area (Å²) in [7, 11) is 0. The minimum Gasteiger partial charge on any atom is -0.504 e. The van der Waals surface area contributed by atoms with Crippen LogP contribution >= 0.6 is 0 Å². The van der Waals surface area contributed by atoms with Crippen molar-refractivity contribution in [3.05, 3.63) is 6.07 Å². The summed E-state index contributed by atoms with van der Waals surface area (Å²) < 4.78 is 17.3. The number of phenolic OH excluding ortho intramolecular Hbond substituents is 2. The van der Waals surface area contributed by atoms with E-state index in [0.717, 1.165) is 0 Å². The number of hydrogen-bond donors (Lipinski definition) is 2. The number of ether oxygens (including phenoxy) is 3. The van der Waals surface area contributed by atoms with E-state index in [9.17, 15) is 10.2 Å². The summed E-state index contributed by atoms with van der Waals surface area (Å²) in [4.78, 5) is 0. The van der Waals surface area contributed by atoms with Crippen LogP contribution in [0.1, 0.15) is 62.3 Å². The number of phenols is 2. The highest BCUT2D eigenvalue weighted by Gasteiger charge is 2.29. The molecule has 0 saturated carbocycles. The average molecular weight is 326 g/mol. The second-order valence-corrected chi connectivity index (χ2v) is 8.54. The van der Waals surface area contributed by atoms with Gasteiger partial charge in [0.2, 0.25) is 17.2 Å². The molecule has 0 aromatic heterocycles. The highest BCUT2D eigenvalue weighted by Crippen LogP contribution is 2.52. The summed E-state index contributed by atoms with van der Waals surface area (Å²) in [5.41, 5.74) is -1.68. The van der Waals surface area contributed by atoms with Gasteiger partial charge >= 0.3 is 0 Å². The summed E-state index contributed by atoms with van der Waals surface area (Å²) in [6, 6.07) is 1.34. The third kappa shape index (κ3) is 6.08. The van der Waals surface area contributed by atoms with Crippen molar-refractivity contribution in [1.29, 1.82) is 0 Å². The van der Waals surface area contributed by atoms with Crippen LogP contribution in [-0.2, 0) is 0 Å². The fraction of sp³-hybridized carbons (Fsp3) is 0.667. The van der Waals surface area contributed by atoms with E-state index in [1.54, 1.807) is 0 Å². The standard InChI is InChI=1S/C18H30O5/c1-16(2,3)21-12-10-11(19)14(22-17(4,5)6)15(13(12)20)23-18(7,8)9/h10,19-20H,1-9H3. The van der Waals surface area contributed by atoms with Crippen LogP contribution in [0.3, 0.4) is 0 Å². The zero-order valence-corrected chi connectivity index (χ0v) is 15.7. The van der Waals surface area contributed by atoms with Crippen LogP contribution in [0.5, 0.6) is 28.7 Å². The number of benzene rings is 1. The molecule has 0 heterocycles. The predicted octanol–water partition coefficient (Wildman–Crippen LogP) is 4.63. The molecule has 5 nitrogen and oxygen atoms in total. The predicted molar refractivity (Wildman–Crippen MR) is 90.9 cm³/mol. The second kappa shape index (κ2) is 6.02. The Morgan fingerprint density at radius 3 is 1.43 bits per heavy atom. The monoisotopic (exact) mass is 326 g/mol. The molecular weight excluding hydrogens is 296 g/mol. The Morgan fingerprint density at radius 2 is 1.04 bits per heavy atom. The fourth-order valence-electron chi connectivity index (χ4n) is 1.81. The first-order valence-corrected chi connectivity index (χ1v) is 7.75. The molecule has 1 rings (SSSR count). The first-order chi connectivity index (χ1) is 10.1. The number of rotatable bonds is 3. The quantitative estimate of drug-likeness (QED) is 0.793. The molecule has 0 unspecified atom stereocenters. The zero-order valence-electron chi connectivity index (χ0n) is 15.7. The van der Waals surface area contributed by atoms with Crippen LogP contribution in [-0.4, -0.2) is 27.0 Å². The highest BCUT2D eigenvalue weighted by atomic mass is 16.6. The second-order valence-electron chi connectivity index (χ2n) is 8.54. The largest absolute Gasteiger partial charge is 0.504 e. The van der Waals surface area contributed by atoms with Gasteiger partial charge in [-0.1, -0.05) is 0 Å². The van der Waals surface area contributed by atoms with Crippen molar-refractivity contribution >= 4 is 0 Å². The summed E-state index contributed by atoms with van der Waals surface area (Å²) in [6.45, 7) is 16.7. The van der Waals surface area contributed by atoms with Gasteiger partial charge in [-0.2, -0.15) is 0 Å². The van der Waals surface area contributed by atoms with Crippen molar-refractivity contribution in [2.75, 3.05) is 0 Å². The van der Waals surface area contributed by atoms with Gasteiger partial charge in [-0.3, -0.25) is 0 Å². The Labute approximate surface area is 139 Å². The Kier molecular flexibility index (Phi) is 5.04. The fourth-order valence-corrected chi connectivity index (χ4v) is 1.81. The van der Waals surface area contributed by atoms with Crippen molar-refractivity contribution in [3.63, 3.8) is 0 Å². The average Bonchev–Trinajstić information content (AvgIpc) is 2.25. The van der Waals surface area contributed by atoms with Gasteiger partial charge in [-0.25, -0.2) is 0 Å². The van der Waals surface area contributed by atoms with E-state index in [0.29, 0.717) is 0 Å². The van der Waals surface area contributed by atoms with Crippen LogP contribution in [0.25, 0.3) is 0 Å². The molecule has 0 aliphatic heterocycles. The molecule has 132 valence electrons. The molecule has 0 aliphatic rings. The van der Waals surface area contributed by atoms with Gasteiger partial charge in [0.15, 0.2) is 11.5 Å². The van der Waals surface area contributed by atoms with E-state index in [1.165, 1.54) is 6.07 Å². The van der Waals surface area contributed by atoms with Crippen LogP contribution < -0.4 is 14.2 Å². The van der Waals surface area contributed by atoms with Gasteiger partial charge in [-0.15, -0.1) is 0 Å². The van der Waals surface area contributed by atoms with Gasteiger partial charge in [0.05, 0.1) is 0 Å². The summed E-state index contributed by atoms with van der Waals surface area (Å²) >= 11 is 0. The number of hydrogen-bond acceptors (Lipinski definition) is 5. The Bertz CT molecular complexity index is 557.